The van der Waals surface area contributed by atoms with E-state index in [0.717, 1.165) is 24.5 Å². The summed E-state index contributed by atoms with van der Waals surface area (Å²) in [5.74, 6) is 0. The van der Waals surface area contributed by atoms with Gasteiger partial charge >= 0.3 is 0 Å². The van der Waals surface area contributed by atoms with Crippen molar-refractivity contribution < 1.29 is 4.74 Å². The van der Waals surface area contributed by atoms with Crippen molar-refractivity contribution in [3.05, 3.63) is 28.6 Å². The molecular formula is C15H26N2O. The van der Waals surface area contributed by atoms with Crippen molar-refractivity contribution in [2.45, 2.75) is 53.7 Å². The van der Waals surface area contributed by atoms with Crippen LogP contribution in [0, 0.1) is 20.8 Å². The highest BCUT2D eigenvalue weighted by Crippen LogP contribution is 2.20. The Labute approximate surface area is 111 Å². The summed E-state index contributed by atoms with van der Waals surface area (Å²) >= 11 is 0. The van der Waals surface area contributed by atoms with Crippen LogP contribution in [0.1, 0.15) is 49.3 Å². The molecule has 1 atom stereocenters. The number of rotatable bonds is 6. The Balaban J connectivity index is 2.59. The molecule has 18 heavy (non-hydrogen) atoms. The second-order valence-corrected chi connectivity index (χ2v) is 5.17. The third-order valence-corrected chi connectivity index (χ3v) is 3.02. The SMILES string of the molecule is Cc1cc(C)c(C(C)NCCOC(C)C)c(C)n1. The Hall–Kier alpha value is -0.930. The molecule has 102 valence electrons. The van der Waals surface area contributed by atoms with Crippen molar-refractivity contribution >= 4 is 0 Å². The third kappa shape index (κ3) is 4.39. The van der Waals surface area contributed by atoms with Gasteiger partial charge in [0.05, 0.1) is 12.7 Å². The summed E-state index contributed by atoms with van der Waals surface area (Å²) in [7, 11) is 0. The fraction of sp³-hybridized carbons (Fsp3) is 0.667. The van der Waals surface area contributed by atoms with Crippen LogP contribution < -0.4 is 5.32 Å². The first-order valence-electron chi connectivity index (χ1n) is 6.71. The van der Waals surface area contributed by atoms with Crippen LogP contribution in [0.5, 0.6) is 0 Å². The molecule has 0 aliphatic heterocycles. The number of nitrogens with one attached hydrogen (secondary N) is 1. The van der Waals surface area contributed by atoms with Gasteiger partial charge < -0.3 is 10.1 Å². The van der Waals surface area contributed by atoms with Gasteiger partial charge in [0.1, 0.15) is 0 Å². The van der Waals surface area contributed by atoms with Crippen LogP contribution in [-0.4, -0.2) is 24.2 Å². The van der Waals surface area contributed by atoms with Gasteiger partial charge in [0.15, 0.2) is 0 Å². The highest BCUT2D eigenvalue weighted by Gasteiger charge is 2.12. The number of hydrogen-bond acceptors (Lipinski definition) is 3. The lowest BCUT2D eigenvalue weighted by atomic mass is 10.0. The first-order chi connectivity index (χ1) is 8.41. The Morgan fingerprint density at radius 3 is 2.44 bits per heavy atom. The van der Waals surface area contributed by atoms with Gasteiger partial charge in [-0.25, -0.2) is 0 Å². The Bertz CT molecular complexity index is 365. The lowest BCUT2D eigenvalue weighted by molar-refractivity contribution is 0.0796. The predicted octanol–water partition coefficient (Wildman–Crippen LogP) is 3.08. The minimum absolute atomic E-state index is 0.298. The molecule has 0 saturated heterocycles. The van der Waals surface area contributed by atoms with E-state index >= 15 is 0 Å². The summed E-state index contributed by atoms with van der Waals surface area (Å²) in [5, 5.41) is 3.49. The molecule has 0 bridgehead atoms. The molecule has 0 saturated carbocycles. The van der Waals surface area contributed by atoms with E-state index in [9.17, 15) is 0 Å². The van der Waals surface area contributed by atoms with E-state index in [2.05, 4.69) is 51.0 Å². The average molecular weight is 250 g/mol. The molecule has 0 spiro atoms. The van der Waals surface area contributed by atoms with Crippen LogP contribution in [0.4, 0.5) is 0 Å². The fourth-order valence-corrected chi connectivity index (χ4v) is 2.36. The highest BCUT2D eigenvalue weighted by atomic mass is 16.5. The molecule has 0 aliphatic rings. The largest absolute Gasteiger partial charge is 0.377 e. The van der Waals surface area contributed by atoms with E-state index < -0.39 is 0 Å². The Morgan fingerprint density at radius 2 is 1.89 bits per heavy atom. The van der Waals surface area contributed by atoms with Crippen molar-refractivity contribution in [3.63, 3.8) is 0 Å². The van der Waals surface area contributed by atoms with E-state index in [4.69, 9.17) is 4.74 Å². The molecule has 1 aromatic heterocycles. The molecule has 0 amide bonds. The monoisotopic (exact) mass is 250 g/mol. The molecule has 3 heteroatoms. The first-order valence-corrected chi connectivity index (χ1v) is 6.71. The van der Waals surface area contributed by atoms with Gasteiger partial charge in [0.25, 0.3) is 0 Å². The molecular weight excluding hydrogens is 224 g/mol. The van der Waals surface area contributed by atoms with Crippen LogP contribution in [-0.2, 0) is 4.74 Å². The first kappa shape index (κ1) is 15.1. The second-order valence-electron chi connectivity index (χ2n) is 5.17. The minimum Gasteiger partial charge on any atom is -0.377 e. The average Bonchev–Trinajstić information content (AvgIpc) is 2.22. The van der Waals surface area contributed by atoms with Crippen molar-refractivity contribution in [2.75, 3.05) is 13.2 Å². The summed E-state index contributed by atoms with van der Waals surface area (Å²) in [6, 6.07) is 2.46. The number of aromatic nitrogens is 1. The van der Waals surface area contributed by atoms with Crippen LogP contribution in [0.3, 0.4) is 0 Å². The summed E-state index contributed by atoms with van der Waals surface area (Å²) in [6.45, 7) is 14.2. The molecule has 1 rings (SSSR count). The van der Waals surface area contributed by atoms with E-state index in [0.29, 0.717) is 12.1 Å². The maximum absolute atomic E-state index is 5.53. The lowest BCUT2D eigenvalue weighted by Crippen LogP contribution is -2.25. The second kappa shape index (κ2) is 6.86. The zero-order valence-electron chi connectivity index (χ0n) is 12.5. The van der Waals surface area contributed by atoms with E-state index in [1.807, 2.05) is 6.92 Å². The minimum atomic E-state index is 0.298. The van der Waals surface area contributed by atoms with Crippen molar-refractivity contribution in [3.8, 4) is 0 Å². The maximum atomic E-state index is 5.53. The van der Waals surface area contributed by atoms with Crippen molar-refractivity contribution in [2.24, 2.45) is 0 Å². The summed E-state index contributed by atoms with van der Waals surface area (Å²) in [5.41, 5.74) is 4.83. The van der Waals surface area contributed by atoms with E-state index in [-0.39, 0.29) is 0 Å². The smallest absolute Gasteiger partial charge is 0.0594 e. The lowest BCUT2D eigenvalue weighted by Gasteiger charge is -2.19. The van der Waals surface area contributed by atoms with Gasteiger partial charge in [0.2, 0.25) is 0 Å². The molecule has 1 unspecified atom stereocenters. The predicted molar refractivity (Wildman–Crippen MR) is 76.0 cm³/mol. The molecule has 1 N–H and O–H groups in total. The molecule has 1 aromatic rings. The third-order valence-electron chi connectivity index (χ3n) is 3.02. The van der Waals surface area contributed by atoms with Crippen molar-refractivity contribution in [1.29, 1.82) is 0 Å². The van der Waals surface area contributed by atoms with Crippen molar-refractivity contribution in [1.82, 2.24) is 10.3 Å². The standard InChI is InChI=1S/C15H26N2O/c1-10(2)18-8-7-16-13(5)15-11(3)9-12(4)17-14(15)6/h9-10,13,16H,7-8H2,1-6H3. The Morgan fingerprint density at radius 1 is 1.22 bits per heavy atom. The number of ether oxygens (including phenoxy) is 1. The number of pyridine rings is 1. The normalized spacial score (nSPS) is 13.1. The summed E-state index contributed by atoms with van der Waals surface area (Å²) < 4.78 is 5.53. The topological polar surface area (TPSA) is 34.1 Å². The zero-order valence-corrected chi connectivity index (χ0v) is 12.5. The van der Waals surface area contributed by atoms with Crippen LogP contribution in [0.2, 0.25) is 0 Å². The van der Waals surface area contributed by atoms with Gasteiger partial charge in [0, 0.05) is 24.0 Å². The van der Waals surface area contributed by atoms with Crippen LogP contribution in [0.25, 0.3) is 0 Å². The number of nitrogens with zero attached hydrogens (tertiary/aromatic N) is 1. The number of aryl methyl sites for hydroxylation is 3. The van der Waals surface area contributed by atoms with E-state index in [1.54, 1.807) is 0 Å². The van der Waals surface area contributed by atoms with Crippen LogP contribution >= 0.6 is 0 Å². The molecule has 0 radical (unpaired) electrons. The molecule has 3 nitrogen and oxygen atoms in total. The summed E-state index contributed by atoms with van der Waals surface area (Å²) in [4.78, 5) is 4.54. The van der Waals surface area contributed by atoms with Crippen LogP contribution in [0.15, 0.2) is 6.07 Å². The Kier molecular flexibility index (Phi) is 5.76. The molecule has 0 aliphatic carbocycles. The number of hydrogen-bond donors (Lipinski definition) is 1. The van der Waals surface area contributed by atoms with Gasteiger partial charge in [-0.15, -0.1) is 0 Å². The summed E-state index contributed by atoms with van der Waals surface area (Å²) in [6.07, 6.45) is 0.298. The van der Waals surface area contributed by atoms with Gasteiger partial charge in [-0.1, -0.05) is 0 Å². The van der Waals surface area contributed by atoms with Gasteiger partial charge in [-0.3, -0.25) is 4.98 Å². The van der Waals surface area contributed by atoms with Gasteiger partial charge in [-0.05, 0) is 58.7 Å². The maximum Gasteiger partial charge on any atom is 0.0594 e. The zero-order chi connectivity index (χ0) is 13.7. The van der Waals surface area contributed by atoms with E-state index in [1.165, 1.54) is 11.1 Å². The van der Waals surface area contributed by atoms with Gasteiger partial charge in [-0.2, -0.15) is 0 Å². The molecule has 1 heterocycles. The highest BCUT2D eigenvalue weighted by molar-refractivity contribution is 5.33. The fourth-order valence-electron chi connectivity index (χ4n) is 2.36. The molecule has 0 fully saturated rings. The molecule has 0 aromatic carbocycles. The quantitative estimate of drug-likeness (QED) is 0.788.